The Morgan fingerprint density at radius 3 is 2.81 bits per heavy atom. The van der Waals surface area contributed by atoms with Crippen molar-refractivity contribution < 1.29 is 9.21 Å². The smallest absolute Gasteiger partial charge is 0.238 e. The van der Waals surface area contributed by atoms with Crippen LogP contribution in [0.2, 0.25) is 5.02 Å². The minimum atomic E-state index is -0.111. The summed E-state index contributed by atoms with van der Waals surface area (Å²) in [6.45, 7) is 2.82. The number of nitrogens with two attached hydrogens (primary N) is 1. The minimum absolute atomic E-state index is 0.111. The van der Waals surface area contributed by atoms with Gasteiger partial charge in [0, 0.05) is 17.8 Å². The lowest BCUT2D eigenvalue weighted by atomic mass is 10.2. The van der Waals surface area contributed by atoms with Crippen LogP contribution in [-0.2, 0) is 11.3 Å². The molecule has 0 unspecified atom stereocenters. The number of carbonyl (C=O) groups is 1. The number of nitrogens with zero attached hydrogens (tertiary/aromatic N) is 1. The number of furan rings is 1. The maximum atomic E-state index is 12.0. The highest BCUT2D eigenvalue weighted by molar-refractivity contribution is 6.33. The van der Waals surface area contributed by atoms with Crippen molar-refractivity contribution in [3.63, 3.8) is 0 Å². The Labute approximate surface area is 128 Å². The van der Waals surface area contributed by atoms with E-state index in [1.807, 2.05) is 24.9 Å². The standard InChI is InChI=1S/C15H18ClN3O2/c1-10-11(5-6-21-10)8-19(2)9-15(20)18-12-3-4-13(16)14(17)7-12/h3-7H,8-9,17H2,1-2H3,(H,18,20). The van der Waals surface area contributed by atoms with E-state index in [2.05, 4.69) is 5.32 Å². The number of hydrogen-bond donors (Lipinski definition) is 2. The summed E-state index contributed by atoms with van der Waals surface area (Å²) in [6, 6.07) is 6.92. The molecule has 1 heterocycles. The zero-order valence-corrected chi connectivity index (χ0v) is 12.8. The van der Waals surface area contributed by atoms with Crippen LogP contribution in [0.4, 0.5) is 11.4 Å². The zero-order chi connectivity index (χ0) is 15.4. The average Bonchev–Trinajstić information content (AvgIpc) is 2.79. The predicted octanol–water partition coefficient (Wildman–Crippen LogP) is 2.89. The van der Waals surface area contributed by atoms with Gasteiger partial charge in [0.1, 0.15) is 5.76 Å². The van der Waals surface area contributed by atoms with E-state index < -0.39 is 0 Å². The number of hydrogen-bond acceptors (Lipinski definition) is 4. The van der Waals surface area contributed by atoms with Gasteiger partial charge in [0.25, 0.3) is 0 Å². The monoisotopic (exact) mass is 307 g/mol. The Balaban J connectivity index is 1.89. The predicted molar refractivity (Wildman–Crippen MR) is 84.3 cm³/mol. The molecular weight excluding hydrogens is 290 g/mol. The molecule has 21 heavy (non-hydrogen) atoms. The molecule has 0 spiro atoms. The first-order chi connectivity index (χ1) is 9.95. The van der Waals surface area contributed by atoms with Crippen molar-refractivity contribution in [3.05, 3.63) is 46.9 Å². The minimum Gasteiger partial charge on any atom is -0.469 e. The Morgan fingerprint density at radius 2 is 2.19 bits per heavy atom. The molecule has 0 bridgehead atoms. The van der Waals surface area contributed by atoms with Crippen LogP contribution in [0.5, 0.6) is 0 Å². The van der Waals surface area contributed by atoms with E-state index in [0.29, 0.717) is 22.9 Å². The van der Waals surface area contributed by atoms with E-state index >= 15 is 0 Å². The first-order valence-corrected chi connectivity index (χ1v) is 6.90. The maximum Gasteiger partial charge on any atom is 0.238 e. The third-order valence-corrected chi connectivity index (χ3v) is 3.44. The molecule has 1 aromatic heterocycles. The topological polar surface area (TPSA) is 71.5 Å². The summed E-state index contributed by atoms with van der Waals surface area (Å²) in [7, 11) is 1.88. The van der Waals surface area contributed by atoms with Gasteiger partial charge >= 0.3 is 0 Å². The van der Waals surface area contributed by atoms with Gasteiger partial charge in [0.15, 0.2) is 0 Å². The van der Waals surface area contributed by atoms with Gasteiger partial charge in [-0.3, -0.25) is 9.69 Å². The van der Waals surface area contributed by atoms with E-state index in [1.165, 1.54) is 0 Å². The molecule has 0 aliphatic heterocycles. The molecule has 112 valence electrons. The van der Waals surface area contributed by atoms with Crippen LogP contribution in [0.15, 0.2) is 34.9 Å². The number of nitrogens with one attached hydrogen (secondary N) is 1. The summed E-state index contributed by atoms with van der Waals surface area (Å²) >= 11 is 5.84. The Kier molecular flexibility index (Phi) is 4.88. The molecule has 2 rings (SSSR count). The summed E-state index contributed by atoms with van der Waals surface area (Å²) in [4.78, 5) is 13.9. The number of amides is 1. The van der Waals surface area contributed by atoms with Crippen LogP contribution in [0, 0.1) is 6.92 Å². The molecule has 0 saturated heterocycles. The fraction of sp³-hybridized carbons (Fsp3) is 0.267. The van der Waals surface area contributed by atoms with E-state index in [1.54, 1.807) is 24.5 Å². The summed E-state index contributed by atoms with van der Waals surface area (Å²) in [5.74, 6) is 0.758. The van der Waals surface area contributed by atoms with Crippen molar-refractivity contribution in [2.24, 2.45) is 0 Å². The van der Waals surface area contributed by atoms with Gasteiger partial charge in [-0.2, -0.15) is 0 Å². The number of rotatable bonds is 5. The second-order valence-electron chi connectivity index (χ2n) is 4.96. The van der Waals surface area contributed by atoms with Crippen LogP contribution < -0.4 is 11.1 Å². The molecule has 1 amide bonds. The SMILES string of the molecule is Cc1occc1CN(C)CC(=O)Nc1ccc(Cl)c(N)c1. The van der Waals surface area contributed by atoms with Crippen LogP contribution in [-0.4, -0.2) is 24.4 Å². The summed E-state index contributed by atoms with van der Waals surface area (Å²) in [6.07, 6.45) is 1.65. The number of benzene rings is 1. The zero-order valence-electron chi connectivity index (χ0n) is 12.0. The molecule has 5 nitrogen and oxygen atoms in total. The van der Waals surface area contributed by atoms with Crippen molar-refractivity contribution in [1.29, 1.82) is 0 Å². The molecule has 0 aliphatic carbocycles. The molecule has 1 aromatic carbocycles. The molecule has 0 atom stereocenters. The number of anilines is 2. The van der Waals surface area contributed by atoms with Crippen LogP contribution in [0.1, 0.15) is 11.3 Å². The quantitative estimate of drug-likeness (QED) is 0.833. The largest absolute Gasteiger partial charge is 0.469 e. The highest BCUT2D eigenvalue weighted by Crippen LogP contribution is 2.22. The van der Waals surface area contributed by atoms with E-state index in [9.17, 15) is 4.79 Å². The second-order valence-corrected chi connectivity index (χ2v) is 5.37. The van der Waals surface area contributed by atoms with Gasteiger partial charge < -0.3 is 15.5 Å². The van der Waals surface area contributed by atoms with Gasteiger partial charge in [0.05, 0.1) is 23.5 Å². The van der Waals surface area contributed by atoms with Crippen LogP contribution in [0.3, 0.4) is 0 Å². The van der Waals surface area contributed by atoms with Crippen molar-refractivity contribution in [2.75, 3.05) is 24.6 Å². The molecule has 0 saturated carbocycles. The summed E-state index contributed by atoms with van der Waals surface area (Å²) in [5.41, 5.74) is 7.85. The van der Waals surface area contributed by atoms with E-state index in [4.69, 9.17) is 21.8 Å². The third kappa shape index (κ3) is 4.24. The molecule has 3 N–H and O–H groups in total. The Bertz CT molecular complexity index is 640. The number of likely N-dealkylation sites (N-methyl/N-ethyl adjacent to an activating group) is 1. The first kappa shape index (κ1) is 15.4. The van der Waals surface area contributed by atoms with Crippen molar-refractivity contribution in [3.8, 4) is 0 Å². The lowest BCUT2D eigenvalue weighted by molar-refractivity contribution is -0.117. The highest BCUT2D eigenvalue weighted by Gasteiger charge is 2.10. The number of nitrogen functional groups attached to an aromatic ring is 1. The van der Waals surface area contributed by atoms with Gasteiger partial charge in [-0.05, 0) is 38.2 Å². The highest BCUT2D eigenvalue weighted by atomic mass is 35.5. The molecule has 2 aromatic rings. The fourth-order valence-electron chi connectivity index (χ4n) is 1.99. The van der Waals surface area contributed by atoms with Crippen molar-refractivity contribution in [2.45, 2.75) is 13.5 Å². The van der Waals surface area contributed by atoms with E-state index in [-0.39, 0.29) is 12.5 Å². The normalized spacial score (nSPS) is 10.9. The third-order valence-electron chi connectivity index (χ3n) is 3.10. The summed E-state index contributed by atoms with van der Waals surface area (Å²) in [5, 5.41) is 3.27. The van der Waals surface area contributed by atoms with Crippen molar-refractivity contribution >= 4 is 28.9 Å². The maximum absolute atomic E-state index is 12.0. The molecule has 0 radical (unpaired) electrons. The number of carbonyl (C=O) groups excluding carboxylic acids is 1. The molecule has 0 aliphatic rings. The van der Waals surface area contributed by atoms with Crippen LogP contribution >= 0.6 is 11.6 Å². The van der Waals surface area contributed by atoms with Gasteiger partial charge in [-0.1, -0.05) is 11.6 Å². The van der Waals surface area contributed by atoms with Gasteiger partial charge in [0.2, 0.25) is 5.91 Å². The molecule has 0 fully saturated rings. The average molecular weight is 308 g/mol. The second kappa shape index (κ2) is 6.65. The lowest BCUT2D eigenvalue weighted by Gasteiger charge is -2.16. The Morgan fingerprint density at radius 1 is 1.43 bits per heavy atom. The Hall–Kier alpha value is -1.98. The van der Waals surface area contributed by atoms with Gasteiger partial charge in [-0.15, -0.1) is 0 Å². The van der Waals surface area contributed by atoms with Gasteiger partial charge in [-0.25, -0.2) is 0 Å². The number of halogens is 1. The molecular formula is C15H18ClN3O2. The first-order valence-electron chi connectivity index (χ1n) is 6.52. The van der Waals surface area contributed by atoms with Crippen molar-refractivity contribution in [1.82, 2.24) is 4.90 Å². The lowest BCUT2D eigenvalue weighted by Crippen LogP contribution is -2.29. The molecule has 6 heteroatoms. The van der Waals surface area contributed by atoms with E-state index in [0.717, 1.165) is 11.3 Å². The summed E-state index contributed by atoms with van der Waals surface area (Å²) < 4.78 is 5.24. The van der Waals surface area contributed by atoms with Crippen LogP contribution in [0.25, 0.3) is 0 Å². The fourth-order valence-corrected chi connectivity index (χ4v) is 2.11. The number of aryl methyl sites for hydroxylation is 1.